The van der Waals surface area contributed by atoms with Gasteiger partial charge in [-0.2, -0.15) is 5.26 Å². The Kier molecular flexibility index (Phi) is 9.39. The van der Waals surface area contributed by atoms with Crippen molar-refractivity contribution >= 4 is 18.0 Å². The quantitative estimate of drug-likeness (QED) is 0.143. The van der Waals surface area contributed by atoms with Crippen LogP contribution < -0.4 is 9.47 Å². The third-order valence-corrected chi connectivity index (χ3v) is 5.42. The van der Waals surface area contributed by atoms with E-state index in [4.69, 9.17) is 9.47 Å². The lowest BCUT2D eigenvalue weighted by Crippen LogP contribution is -2.10. The predicted octanol–water partition coefficient (Wildman–Crippen LogP) is 6.71. The van der Waals surface area contributed by atoms with Crippen LogP contribution in [0.1, 0.15) is 60.2 Å². The fourth-order valence-electron chi connectivity index (χ4n) is 3.46. The molecule has 0 N–H and O–H groups in total. The Balaban J connectivity index is 1.61. The second-order valence-electron chi connectivity index (χ2n) is 8.21. The highest BCUT2D eigenvalue weighted by Crippen LogP contribution is 2.18. The van der Waals surface area contributed by atoms with Gasteiger partial charge < -0.3 is 9.47 Å². The van der Waals surface area contributed by atoms with Crippen molar-refractivity contribution in [3.8, 4) is 17.6 Å². The number of unbranched alkanes of at least 4 members (excludes halogenated alkanes) is 1. The number of hydrogen-bond donors (Lipinski definition) is 0. The molecule has 35 heavy (non-hydrogen) atoms. The number of rotatable bonds is 10. The van der Waals surface area contributed by atoms with Gasteiger partial charge in [-0.05, 0) is 78.4 Å². The molecule has 0 radical (unpaired) electrons. The number of esters is 2. The minimum atomic E-state index is -0.735. The van der Waals surface area contributed by atoms with Crippen molar-refractivity contribution in [3.63, 3.8) is 0 Å². The average Bonchev–Trinajstić information content (AvgIpc) is 2.88. The van der Waals surface area contributed by atoms with E-state index < -0.39 is 11.9 Å². The maximum absolute atomic E-state index is 12.5. The standard InChI is InChI=1S/C30H29NO4/c1-3-5-7-23-12-18-27(19-13-23)34-29(32)25-14-8-24(9-15-25)20-26(21-31)30(33)35-28-16-10-22(6-4-2)11-17-28/h8-20H,3-7H2,1-2H3. The van der Waals surface area contributed by atoms with Gasteiger partial charge >= 0.3 is 11.9 Å². The Morgan fingerprint density at radius 2 is 1.34 bits per heavy atom. The molecule has 0 saturated heterocycles. The molecule has 0 aliphatic heterocycles. The fourth-order valence-corrected chi connectivity index (χ4v) is 3.46. The lowest BCUT2D eigenvalue weighted by Gasteiger charge is -2.07. The van der Waals surface area contributed by atoms with E-state index in [0.29, 0.717) is 22.6 Å². The third-order valence-electron chi connectivity index (χ3n) is 5.42. The van der Waals surface area contributed by atoms with Crippen LogP contribution in [0.2, 0.25) is 0 Å². The zero-order valence-corrected chi connectivity index (χ0v) is 20.1. The maximum Gasteiger partial charge on any atom is 0.354 e. The first-order valence-corrected chi connectivity index (χ1v) is 11.9. The van der Waals surface area contributed by atoms with Crippen molar-refractivity contribution in [2.24, 2.45) is 0 Å². The number of nitriles is 1. The summed E-state index contributed by atoms with van der Waals surface area (Å²) in [5.41, 5.74) is 3.19. The van der Waals surface area contributed by atoms with Gasteiger partial charge in [0.25, 0.3) is 0 Å². The highest BCUT2D eigenvalue weighted by atomic mass is 16.5. The van der Waals surface area contributed by atoms with Crippen LogP contribution in [-0.4, -0.2) is 11.9 Å². The molecule has 0 aliphatic carbocycles. The van der Waals surface area contributed by atoms with Gasteiger partial charge in [0.15, 0.2) is 0 Å². The smallest absolute Gasteiger partial charge is 0.354 e. The number of nitrogens with zero attached hydrogens (tertiary/aromatic N) is 1. The van der Waals surface area contributed by atoms with Gasteiger partial charge in [0.1, 0.15) is 23.1 Å². The van der Waals surface area contributed by atoms with E-state index in [-0.39, 0.29) is 5.57 Å². The summed E-state index contributed by atoms with van der Waals surface area (Å²) < 4.78 is 10.8. The molecule has 0 unspecified atom stereocenters. The summed E-state index contributed by atoms with van der Waals surface area (Å²) in [6.45, 7) is 4.25. The lowest BCUT2D eigenvalue weighted by atomic mass is 10.1. The van der Waals surface area contributed by atoms with Crippen molar-refractivity contribution in [1.29, 1.82) is 5.26 Å². The molecule has 3 rings (SSSR count). The summed E-state index contributed by atoms with van der Waals surface area (Å²) in [6.07, 6.45) is 6.67. The SMILES string of the molecule is CCCCc1ccc(OC(=O)c2ccc(C=C(C#N)C(=O)Oc3ccc(CCC)cc3)cc2)cc1. The molecule has 0 atom stereocenters. The summed E-state index contributed by atoms with van der Waals surface area (Å²) in [6, 6.07) is 23.1. The Bertz CT molecular complexity index is 1200. The molecule has 0 saturated carbocycles. The van der Waals surface area contributed by atoms with Gasteiger partial charge in [-0.3, -0.25) is 0 Å². The number of carbonyl (C=O) groups excluding carboxylic acids is 2. The Labute approximate surface area is 206 Å². The molecule has 5 heteroatoms. The van der Waals surface area contributed by atoms with E-state index in [2.05, 4.69) is 13.8 Å². The second-order valence-corrected chi connectivity index (χ2v) is 8.21. The van der Waals surface area contributed by atoms with Gasteiger partial charge in [0.2, 0.25) is 0 Å². The molecular weight excluding hydrogens is 438 g/mol. The molecule has 3 aromatic rings. The zero-order valence-electron chi connectivity index (χ0n) is 20.1. The van der Waals surface area contributed by atoms with Gasteiger partial charge in [-0.1, -0.05) is 63.1 Å². The van der Waals surface area contributed by atoms with Gasteiger partial charge in [-0.25, -0.2) is 9.59 Å². The Morgan fingerprint density at radius 3 is 1.89 bits per heavy atom. The van der Waals surface area contributed by atoms with E-state index in [1.54, 1.807) is 48.5 Å². The van der Waals surface area contributed by atoms with Gasteiger partial charge in [0, 0.05) is 0 Å². The second kappa shape index (κ2) is 12.9. The molecule has 0 aromatic heterocycles. The van der Waals surface area contributed by atoms with Crippen LogP contribution in [0.4, 0.5) is 0 Å². The summed E-state index contributed by atoms with van der Waals surface area (Å²) >= 11 is 0. The summed E-state index contributed by atoms with van der Waals surface area (Å²) in [4.78, 5) is 24.9. The largest absolute Gasteiger partial charge is 0.423 e. The number of hydrogen-bond acceptors (Lipinski definition) is 5. The molecule has 0 spiro atoms. The van der Waals surface area contributed by atoms with Crippen LogP contribution in [0.3, 0.4) is 0 Å². The molecule has 0 heterocycles. The van der Waals surface area contributed by atoms with E-state index in [1.807, 2.05) is 30.3 Å². The van der Waals surface area contributed by atoms with E-state index in [0.717, 1.165) is 37.7 Å². The Hall–Kier alpha value is -4.17. The van der Waals surface area contributed by atoms with Crippen molar-refractivity contribution < 1.29 is 19.1 Å². The van der Waals surface area contributed by atoms with Crippen LogP contribution in [0, 0.1) is 11.3 Å². The van der Waals surface area contributed by atoms with Crippen LogP contribution in [0.25, 0.3) is 6.08 Å². The lowest BCUT2D eigenvalue weighted by molar-refractivity contribution is -0.129. The van der Waals surface area contributed by atoms with Crippen molar-refractivity contribution in [2.45, 2.75) is 46.0 Å². The molecule has 5 nitrogen and oxygen atoms in total. The summed E-state index contributed by atoms with van der Waals surface area (Å²) in [5.74, 6) is -0.348. The first-order chi connectivity index (χ1) is 17.0. The normalized spacial score (nSPS) is 10.9. The predicted molar refractivity (Wildman–Crippen MR) is 136 cm³/mol. The van der Waals surface area contributed by atoms with Crippen molar-refractivity contribution in [3.05, 3.63) is 101 Å². The molecular formula is C30H29NO4. The summed E-state index contributed by atoms with van der Waals surface area (Å²) in [7, 11) is 0. The van der Waals surface area contributed by atoms with E-state index in [1.165, 1.54) is 11.6 Å². The number of ether oxygens (including phenoxy) is 2. The van der Waals surface area contributed by atoms with Crippen molar-refractivity contribution in [2.75, 3.05) is 0 Å². The molecule has 0 aliphatic rings. The first kappa shape index (κ1) is 25.5. The Morgan fingerprint density at radius 1 is 0.771 bits per heavy atom. The summed E-state index contributed by atoms with van der Waals surface area (Å²) in [5, 5.41) is 9.43. The van der Waals surface area contributed by atoms with Crippen LogP contribution in [-0.2, 0) is 17.6 Å². The van der Waals surface area contributed by atoms with Gasteiger partial charge in [-0.15, -0.1) is 0 Å². The maximum atomic E-state index is 12.5. The highest BCUT2D eigenvalue weighted by Gasteiger charge is 2.13. The number of carbonyl (C=O) groups is 2. The number of aryl methyl sites for hydroxylation is 2. The van der Waals surface area contributed by atoms with E-state index in [9.17, 15) is 14.9 Å². The molecule has 0 fully saturated rings. The van der Waals surface area contributed by atoms with Crippen LogP contribution in [0.15, 0.2) is 78.4 Å². The molecule has 3 aromatic carbocycles. The van der Waals surface area contributed by atoms with E-state index >= 15 is 0 Å². The molecule has 0 bridgehead atoms. The fraction of sp³-hybridized carbons (Fsp3) is 0.233. The molecule has 178 valence electrons. The zero-order chi connectivity index (χ0) is 25.0. The highest BCUT2D eigenvalue weighted by molar-refractivity contribution is 5.99. The minimum absolute atomic E-state index is 0.138. The monoisotopic (exact) mass is 467 g/mol. The third kappa shape index (κ3) is 7.68. The minimum Gasteiger partial charge on any atom is -0.423 e. The van der Waals surface area contributed by atoms with Crippen molar-refractivity contribution in [1.82, 2.24) is 0 Å². The average molecular weight is 468 g/mol. The first-order valence-electron chi connectivity index (χ1n) is 11.9. The molecule has 0 amide bonds. The number of benzene rings is 3. The van der Waals surface area contributed by atoms with Gasteiger partial charge in [0.05, 0.1) is 5.56 Å². The topological polar surface area (TPSA) is 76.4 Å². The van der Waals surface area contributed by atoms with Crippen LogP contribution >= 0.6 is 0 Å². The van der Waals surface area contributed by atoms with Crippen LogP contribution in [0.5, 0.6) is 11.5 Å².